The molecule has 0 aromatic carbocycles. The maximum absolute atomic E-state index is 4.27. The third kappa shape index (κ3) is 4.39. The summed E-state index contributed by atoms with van der Waals surface area (Å²) >= 11 is 3.42. The Labute approximate surface area is 88.1 Å². The maximum atomic E-state index is 4.27. The number of hydrogen-bond donors (Lipinski definition) is 0. The third-order valence-corrected chi connectivity index (χ3v) is 2.39. The fourth-order valence-corrected chi connectivity index (χ4v) is 1.43. The van der Waals surface area contributed by atoms with Crippen LogP contribution >= 0.6 is 15.9 Å². The van der Waals surface area contributed by atoms with E-state index in [0.717, 1.165) is 24.1 Å². The van der Waals surface area contributed by atoms with Crippen LogP contribution in [0.4, 0.5) is 0 Å². The highest BCUT2D eigenvalue weighted by molar-refractivity contribution is 9.09. The molecule has 72 valence electrons. The summed E-state index contributed by atoms with van der Waals surface area (Å²) in [6.07, 6.45) is 3.02. The normalized spacial score (nSPS) is 10.7. The highest BCUT2D eigenvalue weighted by Gasteiger charge is 1.99. The Bertz CT molecular complexity index is 226. The molecule has 1 heterocycles. The molecule has 0 spiro atoms. The van der Waals surface area contributed by atoms with Crippen molar-refractivity contribution in [1.82, 2.24) is 9.88 Å². The summed E-state index contributed by atoms with van der Waals surface area (Å²) in [6, 6.07) is 6.03. The molecule has 0 aliphatic carbocycles. The van der Waals surface area contributed by atoms with Gasteiger partial charge in [-0.1, -0.05) is 22.0 Å². The van der Waals surface area contributed by atoms with E-state index in [1.54, 1.807) is 0 Å². The lowest BCUT2D eigenvalue weighted by molar-refractivity contribution is 0.325. The van der Waals surface area contributed by atoms with E-state index in [0.29, 0.717) is 0 Å². The van der Waals surface area contributed by atoms with Crippen molar-refractivity contribution < 1.29 is 0 Å². The Morgan fingerprint density at radius 2 is 2.31 bits per heavy atom. The summed E-state index contributed by atoms with van der Waals surface area (Å²) < 4.78 is 0. The molecule has 1 aromatic rings. The number of halogens is 1. The first kappa shape index (κ1) is 10.7. The lowest BCUT2D eigenvalue weighted by Crippen LogP contribution is -2.19. The number of alkyl halides is 1. The van der Waals surface area contributed by atoms with Crippen LogP contribution in [0, 0.1) is 0 Å². The quantitative estimate of drug-likeness (QED) is 0.737. The monoisotopic (exact) mass is 242 g/mol. The molecule has 0 fully saturated rings. The second-order valence-electron chi connectivity index (χ2n) is 3.10. The minimum atomic E-state index is 0.938. The molecule has 0 radical (unpaired) electrons. The highest BCUT2D eigenvalue weighted by atomic mass is 79.9. The second kappa shape index (κ2) is 6.11. The summed E-state index contributed by atoms with van der Waals surface area (Å²) in [6.45, 7) is 2.05. The van der Waals surface area contributed by atoms with Crippen molar-refractivity contribution >= 4 is 15.9 Å². The summed E-state index contributed by atoms with van der Waals surface area (Å²) in [7, 11) is 2.12. The molecule has 0 N–H and O–H groups in total. The van der Waals surface area contributed by atoms with Crippen LogP contribution in [0.2, 0.25) is 0 Å². The third-order valence-electron chi connectivity index (χ3n) is 1.83. The van der Waals surface area contributed by atoms with Gasteiger partial charge in [-0.05, 0) is 32.1 Å². The van der Waals surface area contributed by atoms with Crippen molar-refractivity contribution in [3.8, 4) is 0 Å². The van der Waals surface area contributed by atoms with Gasteiger partial charge in [-0.15, -0.1) is 0 Å². The first-order valence-corrected chi connectivity index (χ1v) is 5.59. The number of nitrogens with zero attached hydrogens (tertiary/aromatic N) is 2. The van der Waals surface area contributed by atoms with Crippen molar-refractivity contribution in [3.05, 3.63) is 30.1 Å². The second-order valence-corrected chi connectivity index (χ2v) is 3.89. The lowest BCUT2D eigenvalue weighted by atomic mass is 10.3. The zero-order valence-electron chi connectivity index (χ0n) is 7.91. The van der Waals surface area contributed by atoms with Crippen LogP contribution in [0.1, 0.15) is 12.1 Å². The average Bonchev–Trinajstić information content (AvgIpc) is 2.16. The van der Waals surface area contributed by atoms with Gasteiger partial charge in [0.2, 0.25) is 0 Å². The van der Waals surface area contributed by atoms with E-state index in [-0.39, 0.29) is 0 Å². The molecule has 2 nitrogen and oxygen atoms in total. The van der Waals surface area contributed by atoms with Crippen molar-refractivity contribution in [2.45, 2.75) is 13.0 Å². The maximum Gasteiger partial charge on any atom is 0.0543 e. The fourth-order valence-electron chi connectivity index (χ4n) is 1.18. The molecule has 0 aliphatic rings. The zero-order chi connectivity index (χ0) is 9.52. The molecule has 0 amide bonds. The average molecular weight is 243 g/mol. The van der Waals surface area contributed by atoms with E-state index in [2.05, 4.69) is 38.9 Å². The summed E-state index contributed by atoms with van der Waals surface area (Å²) in [5.41, 5.74) is 1.14. The van der Waals surface area contributed by atoms with Crippen molar-refractivity contribution in [1.29, 1.82) is 0 Å². The summed E-state index contributed by atoms with van der Waals surface area (Å²) in [4.78, 5) is 6.55. The molecule has 0 aliphatic heterocycles. The molecule has 1 aromatic heterocycles. The Kier molecular flexibility index (Phi) is 5.01. The van der Waals surface area contributed by atoms with Gasteiger partial charge in [0.25, 0.3) is 0 Å². The Morgan fingerprint density at radius 3 is 2.92 bits per heavy atom. The molecule has 0 unspecified atom stereocenters. The van der Waals surface area contributed by atoms with Gasteiger partial charge in [0, 0.05) is 18.1 Å². The standard InChI is InChI=1S/C10H15BrN2/c1-13(8-4-6-11)9-10-5-2-3-7-12-10/h2-3,5,7H,4,6,8-9H2,1H3. The van der Waals surface area contributed by atoms with Gasteiger partial charge in [0.1, 0.15) is 0 Å². The summed E-state index contributed by atoms with van der Waals surface area (Å²) in [5, 5.41) is 1.07. The first-order chi connectivity index (χ1) is 6.33. The van der Waals surface area contributed by atoms with E-state index >= 15 is 0 Å². The minimum Gasteiger partial charge on any atom is -0.301 e. The van der Waals surface area contributed by atoms with Gasteiger partial charge < -0.3 is 4.90 Å². The molecule has 3 heteroatoms. The largest absolute Gasteiger partial charge is 0.301 e. The molecular formula is C10H15BrN2. The van der Waals surface area contributed by atoms with Crippen LogP contribution < -0.4 is 0 Å². The molecular weight excluding hydrogens is 228 g/mol. The molecule has 0 bridgehead atoms. The van der Waals surface area contributed by atoms with Crippen LogP contribution in [-0.4, -0.2) is 28.8 Å². The topological polar surface area (TPSA) is 16.1 Å². The first-order valence-electron chi connectivity index (χ1n) is 4.47. The summed E-state index contributed by atoms with van der Waals surface area (Å²) in [5.74, 6) is 0. The number of pyridine rings is 1. The predicted molar refractivity (Wildman–Crippen MR) is 59.0 cm³/mol. The number of rotatable bonds is 5. The van der Waals surface area contributed by atoms with E-state index in [1.807, 2.05) is 18.3 Å². The van der Waals surface area contributed by atoms with Crippen LogP contribution in [0.15, 0.2) is 24.4 Å². The van der Waals surface area contributed by atoms with Crippen LogP contribution in [0.5, 0.6) is 0 Å². The van der Waals surface area contributed by atoms with E-state index in [4.69, 9.17) is 0 Å². The molecule has 13 heavy (non-hydrogen) atoms. The van der Waals surface area contributed by atoms with Gasteiger partial charge in [0.05, 0.1) is 5.69 Å². The van der Waals surface area contributed by atoms with E-state index in [9.17, 15) is 0 Å². The van der Waals surface area contributed by atoms with Crippen LogP contribution in [0.25, 0.3) is 0 Å². The predicted octanol–water partition coefficient (Wildman–Crippen LogP) is 2.30. The number of hydrogen-bond acceptors (Lipinski definition) is 2. The van der Waals surface area contributed by atoms with Gasteiger partial charge in [-0.25, -0.2) is 0 Å². The Morgan fingerprint density at radius 1 is 1.46 bits per heavy atom. The van der Waals surface area contributed by atoms with Gasteiger partial charge in [-0.3, -0.25) is 4.98 Å². The number of aromatic nitrogens is 1. The van der Waals surface area contributed by atoms with Gasteiger partial charge in [0.15, 0.2) is 0 Å². The van der Waals surface area contributed by atoms with E-state index in [1.165, 1.54) is 6.42 Å². The van der Waals surface area contributed by atoms with Gasteiger partial charge >= 0.3 is 0 Å². The lowest BCUT2D eigenvalue weighted by Gasteiger charge is -2.14. The van der Waals surface area contributed by atoms with Crippen LogP contribution in [0.3, 0.4) is 0 Å². The van der Waals surface area contributed by atoms with Crippen molar-refractivity contribution in [2.75, 3.05) is 18.9 Å². The smallest absolute Gasteiger partial charge is 0.0543 e. The molecule has 0 saturated heterocycles. The molecule has 0 atom stereocenters. The van der Waals surface area contributed by atoms with Crippen molar-refractivity contribution in [2.24, 2.45) is 0 Å². The minimum absolute atomic E-state index is 0.938. The van der Waals surface area contributed by atoms with E-state index < -0.39 is 0 Å². The molecule has 1 rings (SSSR count). The highest BCUT2D eigenvalue weighted by Crippen LogP contribution is 1.99. The fraction of sp³-hybridized carbons (Fsp3) is 0.500. The van der Waals surface area contributed by atoms with Crippen LogP contribution in [-0.2, 0) is 6.54 Å². The molecule has 0 saturated carbocycles. The van der Waals surface area contributed by atoms with Gasteiger partial charge in [-0.2, -0.15) is 0 Å². The van der Waals surface area contributed by atoms with Crippen molar-refractivity contribution in [3.63, 3.8) is 0 Å². The SMILES string of the molecule is CN(CCCBr)Cc1ccccn1. The Hall–Kier alpha value is -0.410. The Balaban J connectivity index is 2.32. The zero-order valence-corrected chi connectivity index (χ0v) is 9.50.